The van der Waals surface area contributed by atoms with Gasteiger partial charge in [0.1, 0.15) is 0 Å². The molecule has 0 amide bonds. The molecule has 176 valence electrons. The van der Waals surface area contributed by atoms with Crippen LogP contribution in [0.25, 0.3) is 0 Å². The first kappa shape index (κ1) is 62.8. The van der Waals surface area contributed by atoms with E-state index in [1.807, 2.05) is 0 Å². The van der Waals surface area contributed by atoms with Crippen LogP contribution in [0.1, 0.15) is 0 Å². The molecule has 0 aliphatic carbocycles. The van der Waals surface area contributed by atoms with Crippen molar-refractivity contribution in [2.24, 2.45) is 0 Å². The van der Waals surface area contributed by atoms with Crippen LogP contribution in [0.15, 0.2) is 0 Å². The fourth-order valence-corrected chi connectivity index (χ4v) is 8.63. The molecule has 0 rings (SSSR count). The Hall–Kier alpha value is 8.01. The number of hydrogen-bond donors (Lipinski definition) is 0. The molecule has 0 spiro atoms. The van der Waals surface area contributed by atoms with Crippen LogP contribution in [0, 0.1) is 0 Å². The van der Waals surface area contributed by atoms with E-state index in [2.05, 4.69) is 25.9 Å². The van der Waals surface area contributed by atoms with E-state index in [0.717, 1.165) is 0 Å². The maximum absolute atomic E-state index is 11.1. The van der Waals surface area contributed by atoms with Gasteiger partial charge in [-0.2, -0.15) is 0 Å². The SMILES string of the molecule is O=P([O-])([O-])OP(=O)([O-])OP(=O)([O-])OP(=O)([O-])OP(=O)([O-])OP(=O)([O-])OP(=O)([O-])[O-].[Na+].[Na+].[Na+].[Na+].[Na+].[Na+].[Na+]. The smallest absolute Gasteiger partial charge is 0.790 e. The van der Waals surface area contributed by atoms with Gasteiger partial charge in [0.15, 0.2) is 0 Å². The Morgan fingerprint density at radius 2 is 0.389 bits per heavy atom. The summed E-state index contributed by atoms with van der Waals surface area (Å²) >= 11 is 0. The van der Waals surface area contributed by atoms with Gasteiger partial charge in [-0.3, -0.25) is 31.4 Å². The van der Waals surface area contributed by atoms with Gasteiger partial charge < -0.3 is 53.2 Å². The van der Waals surface area contributed by atoms with E-state index in [0.29, 0.717) is 0 Å². The van der Waals surface area contributed by atoms with Crippen LogP contribution in [0.3, 0.4) is 0 Å². The van der Waals surface area contributed by atoms with Gasteiger partial charge in [0.2, 0.25) is 0 Å². The molecule has 0 saturated carbocycles. The van der Waals surface area contributed by atoms with Gasteiger partial charge in [0, 0.05) is 0 Å². The summed E-state index contributed by atoms with van der Waals surface area (Å²) in [5, 5.41) is 0. The second kappa shape index (κ2) is 24.2. The molecule has 0 radical (unpaired) electrons. The van der Waals surface area contributed by atoms with E-state index < -0.39 is 54.8 Å². The number of hydrogen-bond acceptors (Lipinski definition) is 22. The fraction of sp³-hybridized carbons (Fsp3) is 0. The molecule has 4 unspecified atom stereocenters. The first-order valence-electron chi connectivity index (χ1n) is 5.11. The maximum Gasteiger partial charge on any atom is 1.00 e. The van der Waals surface area contributed by atoms with Crippen molar-refractivity contribution in [3.05, 3.63) is 0 Å². The minimum Gasteiger partial charge on any atom is -0.790 e. The summed E-state index contributed by atoms with van der Waals surface area (Å²) in [6.45, 7) is 0. The van der Waals surface area contributed by atoms with Crippen LogP contribution in [0.5, 0.6) is 0 Å². The van der Waals surface area contributed by atoms with Gasteiger partial charge in [-0.1, -0.05) is 0 Å². The van der Waals surface area contributed by atoms with Crippen molar-refractivity contribution in [3.63, 3.8) is 0 Å². The van der Waals surface area contributed by atoms with E-state index >= 15 is 0 Å². The van der Waals surface area contributed by atoms with E-state index in [4.69, 9.17) is 0 Å². The van der Waals surface area contributed by atoms with Crippen LogP contribution >= 0.6 is 54.8 Å². The maximum atomic E-state index is 11.1. The first-order valence-corrected chi connectivity index (χ1v) is 15.3. The van der Waals surface area contributed by atoms with Gasteiger partial charge in [0.05, 0.1) is 15.6 Å². The Labute approximate surface area is 356 Å². The minimum atomic E-state index is -6.94. The van der Waals surface area contributed by atoms with Gasteiger partial charge in [-0.25, -0.2) is 17.2 Å². The quantitative estimate of drug-likeness (QED) is 0.133. The molecule has 4 atom stereocenters. The molecule has 0 aliphatic rings. The fourth-order valence-electron chi connectivity index (χ4n) is 0.809. The molecule has 22 nitrogen and oxygen atoms in total. The average molecular weight is 730 g/mol. The Morgan fingerprint density at radius 1 is 0.278 bits per heavy atom. The van der Waals surface area contributed by atoms with E-state index in [9.17, 15) is 76.0 Å². The third kappa shape index (κ3) is 36.5. The summed E-state index contributed by atoms with van der Waals surface area (Å²) in [6, 6.07) is 0. The second-order valence-electron chi connectivity index (χ2n) is 3.62. The molecule has 0 saturated heterocycles. The molecule has 0 aromatic carbocycles. The summed E-state index contributed by atoms with van der Waals surface area (Å²) in [5.41, 5.74) is 0. The first-order chi connectivity index (χ1) is 12.2. The van der Waals surface area contributed by atoms with Crippen LogP contribution in [-0.2, 0) is 57.8 Å². The van der Waals surface area contributed by atoms with E-state index in [1.54, 1.807) is 0 Å². The normalized spacial score (nSPS) is 19.1. The zero-order valence-electron chi connectivity index (χ0n) is 19.1. The summed E-state index contributed by atoms with van der Waals surface area (Å²) < 4.78 is 90.9. The number of phosphoric acid groups is 7. The predicted molar refractivity (Wildman–Crippen MR) is 59.8 cm³/mol. The third-order valence-electron chi connectivity index (χ3n) is 1.20. The Morgan fingerprint density at radius 3 is 0.500 bits per heavy atom. The Balaban J connectivity index is -0.000000187. The third-order valence-corrected chi connectivity index (χ3v) is 10.8. The monoisotopic (exact) mass is 730 g/mol. The zero-order valence-corrected chi connectivity index (χ0v) is 39.4. The van der Waals surface area contributed by atoms with Crippen molar-refractivity contribution in [2.45, 2.75) is 0 Å². The Kier molecular flexibility index (Phi) is 42.2. The van der Waals surface area contributed by atoms with Crippen molar-refractivity contribution >= 4 is 54.8 Å². The van der Waals surface area contributed by atoms with Gasteiger partial charge in [0.25, 0.3) is 39.1 Å². The molecule has 36 heavy (non-hydrogen) atoms. The molecule has 0 aliphatic heterocycles. The molecule has 0 aromatic rings. The van der Waals surface area contributed by atoms with Crippen molar-refractivity contribution < 1.29 is 309 Å². The standard InChI is InChI=1S/7Na.H9O22P7/c;;;;;;;1-23(2,3)17-25(7,8)19-27(11,12)21-29(15,16)22-28(13,14)20-26(9,10)18-24(4,5)6/h;;;;;;;(H,7,8)(H,9,10)(H,11,12)(H,13,14)(H,15,16)(H2,1,2,3)(H2,4,5,6)/q7*+1;/p-9. The van der Waals surface area contributed by atoms with Crippen LogP contribution in [0.4, 0.5) is 0 Å². The van der Waals surface area contributed by atoms with E-state index in [1.165, 1.54) is 0 Å². The van der Waals surface area contributed by atoms with Crippen LogP contribution in [-0.4, -0.2) is 0 Å². The molecular weight excluding hydrogens is 730 g/mol. The molecule has 0 heterocycles. The molecule has 36 heteroatoms. The zero-order chi connectivity index (χ0) is 23.7. The van der Waals surface area contributed by atoms with Crippen molar-refractivity contribution in [3.8, 4) is 0 Å². The number of rotatable bonds is 12. The van der Waals surface area contributed by atoms with Crippen molar-refractivity contribution in [1.29, 1.82) is 0 Å². The van der Waals surface area contributed by atoms with Crippen LogP contribution < -0.4 is 251 Å². The van der Waals surface area contributed by atoms with Crippen molar-refractivity contribution in [2.75, 3.05) is 0 Å². The topological polar surface area (TPSA) is 382 Å². The molecule has 0 N–H and O–H groups in total. The summed E-state index contributed by atoms with van der Waals surface area (Å²) in [6.07, 6.45) is 0. The van der Waals surface area contributed by atoms with E-state index in [-0.39, 0.29) is 207 Å². The molecule has 0 fully saturated rings. The average Bonchev–Trinajstić information content (AvgIpc) is 2.10. The second-order valence-corrected chi connectivity index (χ2v) is 13.8. The molecule has 0 bridgehead atoms. The molecular formula is Na7O22P7-2. The van der Waals surface area contributed by atoms with Gasteiger partial charge >= 0.3 is 207 Å². The van der Waals surface area contributed by atoms with Gasteiger partial charge in [-0.05, 0) is 0 Å². The summed E-state index contributed by atoms with van der Waals surface area (Å²) in [4.78, 5) is 94.7. The minimum absolute atomic E-state index is 0. The summed E-state index contributed by atoms with van der Waals surface area (Å²) in [5.74, 6) is 0. The summed E-state index contributed by atoms with van der Waals surface area (Å²) in [7, 11) is -47.0. The predicted octanol–water partition coefficient (Wildman–Crippen LogP) is -26.9. The van der Waals surface area contributed by atoms with Gasteiger partial charge in [-0.15, -0.1) is 0 Å². The van der Waals surface area contributed by atoms with Crippen LogP contribution in [0.2, 0.25) is 0 Å². The van der Waals surface area contributed by atoms with Crippen molar-refractivity contribution in [1.82, 2.24) is 0 Å². The Bertz CT molecular complexity index is 872. The molecule has 0 aromatic heterocycles. The largest absolute Gasteiger partial charge is 1.00 e.